The van der Waals surface area contributed by atoms with E-state index in [9.17, 15) is 9.59 Å². The third kappa shape index (κ3) is 4.46. The van der Waals surface area contributed by atoms with Crippen LogP contribution in [0.3, 0.4) is 0 Å². The predicted octanol–water partition coefficient (Wildman–Crippen LogP) is 4.14. The molecule has 0 radical (unpaired) electrons. The van der Waals surface area contributed by atoms with E-state index in [2.05, 4.69) is 10.4 Å². The number of amides is 1. The number of anilines is 1. The van der Waals surface area contributed by atoms with E-state index in [1.165, 1.54) is 10.7 Å². The van der Waals surface area contributed by atoms with Crippen molar-refractivity contribution in [2.45, 2.75) is 24.8 Å². The Hall–Kier alpha value is -2.86. The zero-order valence-electron chi connectivity index (χ0n) is 15.5. The molecule has 3 aromatic rings. The summed E-state index contributed by atoms with van der Waals surface area (Å²) in [5.41, 5.74) is 3.08. The maximum atomic E-state index is 12.6. The summed E-state index contributed by atoms with van der Waals surface area (Å²) in [5.74, 6) is -0.288. The van der Waals surface area contributed by atoms with E-state index >= 15 is 0 Å². The molecule has 0 aliphatic heterocycles. The monoisotopic (exact) mass is 379 g/mol. The molecule has 0 fully saturated rings. The Kier molecular flexibility index (Phi) is 5.76. The Labute approximate surface area is 162 Å². The summed E-state index contributed by atoms with van der Waals surface area (Å²) >= 11 is 1.60. The molecular formula is C21H21N3O2S. The zero-order valence-corrected chi connectivity index (χ0v) is 16.3. The van der Waals surface area contributed by atoms with Crippen LogP contribution in [-0.4, -0.2) is 21.9 Å². The smallest absolute Gasteiger partial charge is 0.267 e. The molecule has 1 heterocycles. The van der Waals surface area contributed by atoms with Crippen molar-refractivity contribution in [2.75, 3.05) is 11.6 Å². The number of aromatic nitrogens is 2. The van der Waals surface area contributed by atoms with Gasteiger partial charge in [0.2, 0.25) is 5.91 Å². The molecule has 3 rings (SSSR count). The standard InChI is InChI=1S/C21H21N3O2S/c1-14-7-9-16(10-8-14)19-11-12-20(25)24(23-19)15(2)21(26)22-17-5-4-6-18(13-17)27-3/h4-13,15H,1-3H3,(H,22,26). The largest absolute Gasteiger partial charge is 0.324 e. The van der Waals surface area contributed by atoms with E-state index in [0.717, 1.165) is 16.0 Å². The number of carbonyl (C=O) groups excluding carboxylic acids is 1. The minimum Gasteiger partial charge on any atom is -0.324 e. The van der Waals surface area contributed by atoms with Gasteiger partial charge in [-0.3, -0.25) is 9.59 Å². The molecule has 1 amide bonds. The van der Waals surface area contributed by atoms with Crippen molar-refractivity contribution in [3.05, 3.63) is 76.6 Å². The maximum Gasteiger partial charge on any atom is 0.267 e. The number of aryl methyl sites for hydroxylation is 1. The van der Waals surface area contributed by atoms with Crippen LogP contribution >= 0.6 is 11.8 Å². The van der Waals surface area contributed by atoms with Crippen LogP contribution in [0.4, 0.5) is 5.69 Å². The molecule has 0 aliphatic rings. The van der Waals surface area contributed by atoms with Crippen LogP contribution in [0.25, 0.3) is 11.3 Å². The lowest BCUT2D eigenvalue weighted by Crippen LogP contribution is -2.33. The Bertz CT molecular complexity index is 1010. The van der Waals surface area contributed by atoms with Crippen molar-refractivity contribution in [1.82, 2.24) is 9.78 Å². The predicted molar refractivity (Wildman–Crippen MR) is 110 cm³/mol. The van der Waals surface area contributed by atoms with Gasteiger partial charge in [0.1, 0.15) is 6.04 Å². The SMILES string of the molecule is CSc1cccc(NC(=O)C(C)n2nc(-c3ccc(C)cc3)ccc2=O)c1. The average Bonchev–Trinajstić information content (AvgIpc) is 2.68. The minimum atomic E-state index is -0.735. The van der Waals surface area contributed by atoms with Crippen LogP contribution in [0, 0.1) is 6.92 Å². The molecule has 1 aromatic heterocycles. The van der Waals surface area contributed by atoms with Gasteiger partial charge in [-0.25, -0.2) is 4.68 Å². The van der Waals surface area contributed by atoms with Gasteiger partial charge in [0.05, 0.1) is 5.69 Å². The summed E-state index contributed by atoms with van der Waals surface area (Å²) in [7, 11) is 0. The Balaban J connectivity index is 1.85. The van der Waals surface area contributed by atoms with Crippen LogP contribution in [0.2, 0.25) is 0 Å². The van der Waals surface area contributed by atoms with Gasteiger partial charge in [0.25, 0.3) is 5.56 Å². The van der Waals surface area contributed by atoms with E-state index in [1.807, 2.05) is 61.7 Å². The summed E-state index contributed by atoms with van der Waals surface area (Å²) in [6.45, 7) is 3.68. The highest BCUT2D eigenvalue weighted by Gasteiger charge is 2.18. The van der Waals surface area contributed by atoms with Crippen molar-refractivity contribution < 1.29 is 4.79 Å². The van der Waals surface area contributed by atoms with Gasteiger partial charge >= 0.3 is 0 Å². The van der Waals surface area contributed by atoms with Crippen molar-refractivity contribution >= 4 is 23.4 Å². The molecule has 0 bridgehead atoms. The molecule has 6 heteroatoms. The molecule has 5 nitrogen and oxygen atoms in total. The molecule has 1 N–H and O–H groups in total. The highest BCUT2D eigenvalue weighted by Crippen LogP contribution is 2.20. The number of thioether (sulfide) groups is 1. The molecule has 0 aliphatic carbocycles. The second kappa shape index (κ2) is 8.22. The number of nitrogens with one attached hydrogen (secondary N) is 1. The van der Waals surface area contributed by atoms with Gasteiger partial charge in [-0.15, -0.1) is 11.8 Å². The van der Waals surface area contributed by atoms with Crippen LogP contribution in [-0.2, 0) is 4.79 Å². The van der Waals surface area contributed by atoms with Gasteiger partial charge in [-0.05, 0) is 44.4 Å². The Morgan fingerprint density at radius 3 is 2.56 bits per heavy atom. The Morgan fingerprint density at radius 2 is 1.85 bits per heavy atom. The first-order valence-electron chi connectivity index (χ1n) is 8.60. The molecule has 0 spiro atoms. The molecular weight excluding hydrogens is 358 g/mol. The lowest BCUT2D eigenvalue weighted by molar-refractivity contribution is -0.119. The lowest BCUT2D eigenvalue weighted by atomic mass is 10.1. The van der Waals surface area contributed by atoms with Gasteiger partial charge in [-0.1, -0.05) is 35.9 Å². The van der Waals surface area contributed by atoms with Gasteiger partial charge in [-0.2, -0.15) is 5.10 Å². The topological polar surface area (TPSA) is 64.0 Å². The lowest BCUT2D eigenvalue weighted by Gasteiger charge is -2.15. The number of hydrogen-bond acceptors (Lipinski definition) is 4. The van der Waals surface area contributed by atoms with Gasteiger partial charge < -0.3 is 5.32 Å². The molecule has 0 saturated heterocycles. The van der Waals surface area contributed by atoms with Crippen LogP contribution < -0.4 is 10.9 Å². The summed E-state index contributed by atoms with van der Waals surface area (Å²) in [6.07, 6.45) is 1.98. The quantitative estimate of drug-likeness (QED) is 0.677. The van der Waals surface area contributed by atoms with Gasteiger partial charge in [0.15, 0.2) is 0 Å². The van der Waals surface area contributed by atoms with E-state index in [4.69, 9.17) is 0 Å². The summed E-state index contributed by atoms with van der Waals surface area (Å²) in [5, 5.41) is 7.26. The number of rotatable bonds is 5. The molecule has 2 aromatic carbocycles. The van der Waals surface area contributed by atoms with E-state index in [-0.39, 0.29) is 11.5 Å². The minimum absolute atomic E-state index is 0.288. The normalized spacial score (nSPS) is 11.8. The molecule has 1 atom stereocenters. The van der Waals surface area contributed by atoms with E-state index in [1.54, 1.807) is 24.8 Å². The van der Waals surface area contributed by atoms with Crippen molar-refractivity contribution in [1.29, 1.82) is 0 Å². The molecule has 0 saturated carbocycles. The van der Waals surface area contributed by atoms with Crippen LogP contribution in [0.15, 0.2) is 70.4 Å². The molecule has 1 unspecified atom stereocenters. The second-order valence-electron chi connectivity index (χ2n) is 6.26. The average molecular weight is 379 g/mol. The second-order valence-corrected chi connectivity index (χ2v) is 7.14. The fourth-order valence-corrected chi connectivity index (χ4v) is 3.10. The van der Waals surface area contributed by atoms with Crippen LogP contribution in [0.1, 0.15) is 18.5 Å². The maximum absolute atomic E-state index is 12.6. The number of hydrogen-bond donors (Lipinski definition) is 1. The first-order valence-corrected chi connectivity index (χ1v) is 9.82. The summed E-state index contributed by atoms with van der Waals surface area (Å²) in [6, 6.07) is 17.8. The highest BCUT2D eigenvalue weighted by atomic mass is 32.2. The molecule has 138 valence electrons. The number of benzene rings is 2. The van der Waals surface area contributed by atoms with Crippen molar-refractivity contribution in [3.8, 4) is 11.3 Å². The third-order valence-electron chi connectivity index (χ3n) is 4.26. The van der Waals surface area contributed by atoms with Crippen LogP contribution in [0.5, 0.6) is 0 Å². The summed E-state index contributed by atoms with van der Waals surface area (Å²) < 4.78 is 1.23. The first kappa shape index (κ1) is 18.9. The zero-order chi connectivity index (χ0) is 19.4. The van der Waals surface area contributed by atoms with E-state index < -0.39 is 6.04 Å². The number of carbonyl (C=O) groups is 1. The van der Waals surface area contributed by atoms with Crippen molar-refractivity contribution in [2.24, 2.45) is 0 Å². The Morgan fingerprint density at radius 1 is 1.11 bits per heavy atom. The third-order valence-corrected chi connectivity index (χ3v) is 4.98. The van der Waals surface area contributed by atoms with Crippen molar-refractivity contribution in [3.63, 3.8) is 0 Å². The van der Waals surface area contributed by atoms with E-state index in [0.29, 0.717) is 11.4 Å². The molecule has 27 heavy (non-hydrogen) atoms. The highest BCUT2D eigenvalue weighted by molar-refractivity contribution is 7.98. The fraction of sp³-hybridized carbons (Fsp3) is 0.190. The summed E-state index contributed by atoms with van der Waals surface area (Å²) in [4.78, 5) is 26.0. The van der Waals surface area contributed by atoms with Gasteiger partial charge in [0, 0.05) is 22.2 Å². The first-order chi connectivity index (χ1) is 13.0. The number of nitrogens with zero attached hydrogens (tertiary/aromatic N) is 2. The fourth-order valence-electron chi connectivity index (χ4n) is 2.64.